The quantitative estimate of drug-likeness (QED) is 0.941. The second kappa shape index (κ2) is 6.98. The van der Waals surface area contributed by atoms with Crippen LogP contribution >= 0.6 is 0 Å². The minimum Gasteiger partial charge on any atom is -0.361 e. The molecule has 0 aliphatic carbocycles. The molecule has 0 unspecified atom stereocenters. The fourth-order valence-electron chi connectivity index (χ4n) is 4.32. The van der Waals surface area contributed by atoms with Gasteiger partial charge in [-0.3, -0.25) is 4.79 Å². The molecule has 1 N–H and O–H groups in total. The molecule has 0 radical (unpaired) electrons. The highest BCUT2D eigenvalue weighted by atomic mass is 16.2. The maximum Gasteiger partial charge on any atom is 0.227 e. The van der Waals surface area contributed by atoms with Crippen LogP contribution in [0.1, 0.15) is 37.7 Å². The number of nitrogens with one attached hydrogen (secondary N) is 1. The summed E-state index contributed by atoms with van der Waals surface area (Å²) in [5.41, 5.74) is 2.23. The van der Waals surface area contributed by atoms with Crippen molar-refractivity contribution in [2.24, 2.45) is 0 Å². The third-order valence-electron chi connectivity index (χ3n) is 5.74. The van der Waals surface area contributed by atoms with Crippen molar-refractivity contribution in [2.45, 2.75) is 44.6 Å². The Labute approximate surface area is 143 Å². The van der Waals surface area contributed by atoms with Gasteiger partial charge < -0.3 is 14.8 Å². The summed E-state index contributed by atoms with van der Waals surface area (Å²) in [6, 6.07) is 8.91. The lowest BCUT2D eigenvalue weighted by atomic mass is 9.99. The topological polar surface area (TPSA) is 39.3 Å². The SMILES string of the molecule is O=C(Cc1c[nH]c2ccccc12)N1CCC(N2CCCCC2)CC1. The van der Waals surface area contributed by atoms with Gasteiger partial charge in [0.15, 0.2) is 0 Å². The van der Waals surface area contributed by atoms with E-state index in [1.165, 1.54) is 37.7 Å². The molecular formula is C20H27N3O. The minimum absolute atomic E-state index is 0.275. The number of para-hydroxylation sites is 1. The Morgan fingerprint density at radius 3 is 2.58 bits per heavy atom. The first-order chi connectivity index (χ1) is 11.8. The van der Waals surface area contributed by atoms with Gasteiger partial charge in [-0.2, -0.15) is 0 Å². The molecule has 4 heteroatoms. The summed E-state index contributed by atoms with van der Waals surface area (Å²) in [5, 5.41) is 1.18. The number of rotatable bonds is 3. The van der Waals surface area contributed by atoms with E-state index in [2.05, 4.69) is 26.9 Å². The van der Waals surface area contributed by atoms with Crippen LogP contribution in [0.25, 0.3) is 10.9 Å². The number of hydrogen-bond acceptors (Lipinski definition) is 2. The number of amides is 1. The summed E-state index contributed by atoms with van der Waals surface area (Å²) in [6.45, 7) is 4.35. The predicted octanol–water partition coefficient (Wildman–Crippen LogP) is 3.19. The molecule has 4 rings (SSSR count). The maximum absolute atomic E-state index is 12.7. The monoisotopic (exact) mass is 325 g/mol. The summed E-state index contributed by atoms with van der Waals surface area (Å²) in [7, 11) is 0. The molecule has 1 amide bonds. The Morgan fingerprint density at radius 2 is 1.79 bits per heavy atom. The number of H-pyrrole nitrogens is 1. The zero-order chi connectivity index (χ0) is 16.4. The van der Waals surface area contributed by atoms with Gasteiger partial charge in [0.05, 0.1) is 6.42 Å². The third-order valence-corrected chi connectivity index (χ3v) is 5.74. The summed E-state index contributed by atoms with van der Waals surface area (Å²) >= 11 is 0. The van der Waals surface area contributed by atoms with Gasteiger partial charge in [0, 0.05) is 36.2 Å². The fraction of sp³-hybridized carbons (Fsp3) is 0.550. The largest absolute Gasteiger partial charge is 0.361 e. The Balaban J connectivity index is 1.34. The fourth-order valence-corrected chi connectivity index (χ4v) is 4.32. The molecule has 2 fully saturated rings. The first kappa shape index (κ1) is 15.7. The Hall–Kier alpha value is -1.81. The zero-order valence-corrected chi connectivity index (χ0v) is 14.3. The smallest absolute Gasteiger partial charge is 0.227 e. The van der Waals surface area contributed by atoms with Crippen LogP contribution in [0, 0.1) is 0 Å². The Bertz CT molecular complexity index is 694. The van der Waals surface area contributed by atoms with E-state index >= 15 is 0 Å². The van der Waals surface area contributed by atoms with E-state index in [9.17, 15) is 4.79 Å². The molecule has 128 valence electrons. The molecule has 2 aliphatic heterocycles. The molecule has 0 bridgehead atoms. The average molecular weight is 325 g/mol. The number of benzene rings is 1. The lowest BCUT2D eigenvalue weighted by Gasteiger charge is -2.40. The summed E-state index contributed by atoms with van der Waals surface area (Å²) in [4.78, 5) is 20.7. The molecule has 4 nitrogen and oxygen atoms in total. The lowest BCUT2D eigenvalue weighted by Crippen LogP contribution is -2.48. The van der Waals surface area contributed by atoms with E-state index in [4.69, 9.17) is 0 Å². The van der Waals surface area contributed by atoms with E-state index in [-0.39, 0.29) is 5.91 Å². The first-order valence-corrected chi connectivity index (χ1v) is 9.38. The standard InChI is InChI=1S/C20H27N3O/c24-20(14-16-15-21-19-7-3-2-6-18(16)19)23-12-8-17(9-13-23)22-10-4-1-5-11-22/h2-3,6-7,15,17,21H,1,4-5,8-14H2. The number of likely N-dealkylation sites (tertiary alicyclic amines) is 2. The highest BCUT2D eigenvalue weighted by Crippen LogP contribution is 2.23. The van der Waals surface area contributed by atoms with E-state index in [1.807, 2.05) is 18.3 Å². The molecule has 2 saturated heterocycles. The number of nitrogens with zero attached hydrogens (tertiary/aromatic N) is 2. The van der Waals surface area contributed by atoms with Gasteiger partial charge >= 0.3 is 0 Å². The van der Waals surface area contributed by atoms with Gasteiger partial charge in [0.2, 0.25) is 5.91 Å². The highest BCUT2D eigenvalue weighted by molar-refractivity contribution is 5.88. The Kier molecular flexibility index (Phi) is 4.56. The average Bonchev–Trinajstić information content (AvgIpc) is 3.06. The van der Waals surface area contributed by atoms with Crippen molar-refractivity contribution in [1.29, 1.82) is 0 Å². The van der Waals surface area contributed by atoms with Crippen molar-refractivity contribution in [1.82, 2.24) is 14.8 Å². The minimum atomic E-state index is 0.275. The van der Waals surface area contributed by atoms with Gasteiger partial charge in [-0.25, -0.2) is 0 Å². The van der Waals surface area contributed by atoms with Crippen LogP contribution in [0.2, 0.25) is 0 Å². The van der Waals surface area contributed by atoms with Crippen LogP contribution in [-0.4, -0.2) is 52.9 Å². The van der Waals surface area contributed by atoms with Crippen LogP contribution in [0.5, 0.6) is 0 Å². The van der Waals surface area contributed by atoms with Crippen molar-refractivity contribution in [3.05, 3.63) is 36.0 Å². The maximum atomic E-state index is 12.7. The molecule has 0 spiro atoms. The Morgan fingerprint density at radius 1 is 1.04 bits per heavy atom. The number of hydrogen-bond donors (Lipinski definition) is 1. The molecule has 2 aliphatic rings. The van der Waals surface area contributed by atoms with Gasteiger partial charge in [0.1, 0.15) is 0 Å². The van der Waals surface area contributed by atoms with Crippen molar-refractivity contribution in [3.8, 4) is 0 Å². The van der Waals surface area contributed by atoms with Gasteiger partial charge in [-0.1, -0.05) is 24.6 Å². The van der Waals surface area contributed by atoms with Crippen molar-refractivity contribution >= 4 is 16.8 Å². The van der Waals surface area contributed by atoms with Crippen LogP contribution in [0.15, 0.2) is 30.5 Å². The van der Waals surface area contributed by atoms with Crippen LogP contribution < -0.4 is 0 Å². The molecule has 2 aromatic rings. The van der Waals surface area contributed by atoms with Crippen molar-refractivity contribution in [3.63, 3.8) is 0 Å². The van der Waals surface area contributed by atoms with Gasteiger partial charge in [0.25, 0.3) is 0 Å². The number of carbonyl (C=O) groups is 1. The number of aromatic nitrogens is 1. The number of aromatic amines is 1. The molecule has 1 aromatic carbocycles. The number of piperidine rings is 2. The summed E-state index contributed by atoms with van der Waals surface area (Å²) < 4.78 is 0. The first-order valence-electron chi connectivity index (χ1n) is 9.38. The number of carbonyl (C=O) groups excluding carboxylic acids is 1. The van der Waals surface area contributed by atoms with Gasteiger partial charge in [-0.15, -0.1) is 0 Å². The molecule has 3 heterocycles. The van der Waals surface area contributed by atoms with Gasteiger partial charge in [-0.05, 0) is 50.4 Å². The second-order valence-electron chi connectivity index (χ2n) is 7.24. The zero-order valence-electron chi connectivity index (χ0n) is 14.3. The van der Waals surface area contributed by atoms with Crippen molar-refractivity contribution in [2.75, 3.05) is 26.2 Å². The highest BCUT2D eigenvalue weighted by Gasteiger charge is 2.27. The van der Waals surface area contributed by atoms with Crippen LogP contribution in [0.4, 0.5) is 0 Å². The molecule has 24 heavy (non-hydrogen) atoms. The van der Waals surface area contributed by atoms with E-state index in [0.717, 1.165) is 37.0 Å². The van der Waals surface area contributed by atoms with E-state index in [1.54, 1.807) is 0 Å². The van der Waals surface area contributed by atoms with Crippen molar-refractivity contribution < 1.29 is 4.79 Å². The van der Waals surface area contributed by atoms with Crippen LogP contribution in [0.3, 0.4) is 0 Å². The molecular weight excluding hydrogens is 298 g/mol. The second-order valence-corrected chi connectivity index (χ2v) is 7.24. The lowest BCUT2D eigenvalue weighted by molar-refractivity contribution is -0.132. The third kappa shape index (κ3) is 3.20. The van der Waals surface area contributed by atoms with Crippen LogP contribution in [-0.2, 0) is 11.2 Å². The summed E-state index contributed by atoms with van der Waals surface area (Å²) in [5.74, 6) is 0.275. The number of fused-ring (bicyclic) bond motifs is 1. The molecule has 0 atom stereocenters. The predicted molar refractivity (Wildman–Crippen MR) is 97.0 cm³/mol. The normalized spacial score (nSPS) is 20.6. The summed E-state index contributed by atoms with van der Waals surface area (Å²) in [6.07, 6.45) is 8.86. The molecule has 1 aromatic heterocycles. The molecule has 0 saturated carbocycles. The van der Waals surface area contributed by atoms with E-state index in [0.29, 0.717) is 12.5 Å². The van der Waals surface area contributed by atoms with E-state index < -0.39 is 0 Å².